The average molecular weight is 289 g/mol. The minimum Gasteiger partial charge on any atom is -0.339 e. The van der Waals surface area contributed by atoms with E-state index >= 15 is 0 Å². The second kappa shape index (κ2) is 5.93. The molecule has 0 unspecified atom stereocenters. The average Bonchev–Trinajstić information content (AvgIpc) is 2.97. The van der Waals surface area contributed by atoms with Gasteiger partial charge < -0.3 is 10.3 Å². The molecule has 1 saturated carbocycles. The van der Waals surface area contributed by atoms with Crippen molar-refractivity contribution in [2.45, 2.75) is 38.5 Å². The fraction of sp³-hybridized carbons (Fsp3) is 0.500. The molecule has 0 spiro atoms. The summed E-state index contributed by atoms with van der Waals surface area (Å²) in [5.41, 5.74) is 7.35. The summed E-state index contributed by atoms with van der Waals surface area (Å²) in [5, 5.41) is 4.06. The molecule has 1 aliphatic rings. The van der Waals surface area contributed by atoms with Crippen LogP contribution in [0.4, 0.5) is 4.39 Å². The van der Waals surface area contributed by atoms with Crippen molar-refractivity contribution < 1.29 is 8.91 Å². The third kappa shape index (κ3) is 2.97. The number of halogens is 1. The molecule has 1 aromatic carbocycles. The number of nitrogens with two attached hydrogens (primary N) is 1. The summed E-state index contributed by atoms with van der Waals surface area (Å²) < 4.78 is 18.6. The smallest absolute Gasteiger partial charge is 0.230 e. The lowest BCUT2D eigenvalue weighted by molar-refractivity contribution is 0.275. The SMILES string of the molecule is Cc1cc(F)ccc1-c1noc(C2CCC(CN)CC2)n1. The van der Waals surface area contributed by atoms with Gasteiger partial charge in [-0.1, -0.05) is 5.16 Å². The van der Waals surface area contributed by atoms with Gasteiger partial charge >= 0.3 is 0 Å². The van der Waals surface area contributed by atoms with Crippen molar-refractivity contribution in [2.24, 2.45) is 11.7 Å². The lowest BCUT2D eigenvalue weighted by Gasteiger charge is -2.24. The zero-order valence-corrected chi connectivity index (χ0v) is 12.2. The van der Waals surface area contributed by atoms with Crippen molar-refractivity contribution in [1.82, 2.24) is 10.1 Å². The largest absolute Gasteiger partial charge is 0.339 e. The molecule has 112 valence electrons. The normalized spacial score (nSPS) is 22.4. The Morgan fingerprint density at radius 3 is 2.71 bits per heavy atom. The van der Waals surface area contributed by atoms with Crippen LogP contribution in [-0.2, 0) is 0 Å². The molecule has 3 rings (SSSR count). The minimum atomic E-state index is -0.250. The molecular formula is C16H20FN3O. The maximum absolute atomic E-state index is 13.2. The van der Waals surface area contributed by atoms with Gasteiger partial charge in [0, 0.05) is 11.5 Å². The molecule has 1 aliphatic carbocycles. The van der Waals surface area contributed by atoms with Gasteiger partial charge in [0.25, 0.3) is 0 Å². The van der Waals surface area contributed by atoms with Crippen LogP contribution in [0, 0.1) is 18.7 Å². The van der Waals surface area contributed by atoms with E-state index in [1.807, 2.05) is 6.92 Å². The minimum absolute atomic E-state index is 0.250. The van der Waals surface area contributed by atoms with E-state index in [4.69, 9.17) is 10.3 Å². The Bertz CT molecular complexity index is 618. The van der Waals surface area contributed by atoms with Crippen LogP contribution in [0.1, 0.15) is 43.1 Å². The van der Waals surface area contributed by atoms with Crippen LogP contribution in [0.2, 0.25) is 0 Å². The highest BCUT2D eigenvalue weighted by atomic mass is 19.1. The van der Waals surface area contributed by atoms with Crippen LogP contribution in [-0.4, -0.2) is 16.7 Å². The van der Waals surface area contributed by atoms with Gasteiger partial charge in [0.15, 0.2) is 0 Å². The number of aromatic nitrogens is 2. The van der Waals surface area contributed by atoms with Crippen molar-refractivity contribution in [3.8, 4) is 11.4 Å². The second-order valence-corrected chi connectivity index (χ2v) is 5.87. The van der Waals surface area contributed by atoms with Crippen LogP contribution < -0.4 is 5.73 Å². The first-order valence-electron chi connectivity index (χ1n) is 7.47. The van der Waals surface area contributed by atoms with Gasteiger partial charge in [-0.25, -0.2) is 4.39 Å². The number of benzene rings is 1. The summed E-state index contributed by atoms with van der Waals surface area (Å²) in [4.78, 5) is 4.51. The Hall–Kier alpha value is -1.75. The fourth-order valence-electron chi connectivity index (χ4n) is 3.03. The van der Waals surface area contributed by atoms with Crippen molar-refractivity contribution >= 4 is 0 Å². The molecule has 0 bridgehead atoms. The van der Waals surface area contributed by atoms with E-state index in [1.165, 1.54) is 12.1 Å². The number of aryl methyl sites for hydroxylation is 1. The van der Waals surface area contributed by atoms with Gasteiger partial charge in [0.2, 0.25) is 11.7 Å². The van der Waals surface area contributed by atoms with E-state index in [-0.39, 0.29) is 5.82 Å². The summed E-state index contributed by atoms with van der Waals surface area (Å²) in [5.74, 6) is 1.95. The first kappa shape index (κ1) is 14.2. The zero-order chi connectivity index (χ0) is 14.8. The highest BCUT2D eigenvalue weighted by Gasteiger charge is 2.26. The monoisotopic (exact) mass is 289 g/mol. The Morgan fingerprint density at radius 1 is 1.29 bits per heavy atom. The van der Waals surface area contributed by atoms with E-state index in [0.29, 0.717) is 23.6 Å². The quantitative estimate of drug-likeness (QED) is 0.940. The maximum atomic E-state index is 13.2. The molecule has 0 radical (unpaired) electrons. The molecule has 0 aliphatic heterocycles. The highest BCUT2D eigenvalue weighted by Crippen LogP contribution is 2.35. The molecule has 1 fully saturated rings. The summed E-state index contributed by atoms with van der Waals surface area (Å²) in [6.45, 7) is 2.61. The molecule has 2 N–H and O–H groups in total. The van der Waals surface area contributed by atoms with E-state index in [2.05, 4.69) is 10.1 Å². The van der Waals surface area contributed by atoms with Crippen molar-refractivity contribution in [3.05, 3.63) is 35.5 Å². The summed E-state index contributed by atoms with van der Waals surface area (Å²) in [6.07, 6.45) is 4.33. The topological polar surface area (TPSA) is 64.9 Å². The molecule has 4 nitrogen and oxygen atoms in total. The van der Waals surface area contributed by atoms with Crippen molar-refractivity contribution in [2.75, 3.05) is 6.54 Å². The fourth-order valence-corrected chi connectivity index (χ4v) is 3.03. The maximum Gasteiger partial charge on any atom is 0.230 e. The van der Waals surface area contributed by atoms with Gasteiger partial charge in [-0.05, 0) is 68.8 Å². The summed E-state index contributed by atoms with van der Waals surface area (Å²) in [6, 6.07) is 4.60. The Kier molecular flexibility index (Phi) is 4.01. The number of nitrogens with zero attached hydrogens (tertiary/aromatic N) is 2. The molecule has 2 aromatic rings. The first-order valence-corrected chi connectivity index (χ1v) is 7.47. The molecule has 1 aromatic heterocycles. The van der Waals surface area contributed by atoms with Crippen LogP contribution in [0.25, 0.3) is 11.4 Å². The molecule has 5 heteroatoms. The summed E-state index contributed by atoms with van der Waals surface area (Å²) in [7, 11) is 0. The van der Waals surface area contributed by atoms with Crippen molar-refractivity contribution in [3.63, 3.8) is 0 Å². The number of rotatable bonds is 3. The molecule has 0 atom stereocenters. The van der Waals surface area contributed by atoms with E-state index < -0.39 is 0 Å². The molecule has 0 saturated heterocycles. The third-order valence-corrected chi connectivity index (χ3v) is 4.40. The predicted octanol–water partition coefficient (Wildman–Crippen LogP) is 3.42. The van der Waals surface area contributed by atoms with E-state index in [9.17, 15) is 4.39 Å². The van der Waals surface area contributed by atoms with Gasteiger partial charge in [0.1, 0.15) is 5.82 Å². The first-order chi connectivity index (χ1) is 10.2. The van der Waals surface area contributed by atoms with E-state index in [1.54, 1.807) is 6.07 Å². The number of hydrogen-bond donors (Lipinski definition) is 1. The standard InChI is InChI=1S/C16H20FN3O/c1-10-8-13(17)6-7-14(10)15-19-16(21-20-15)12-4-2-11(9-18)3-5-12/h6-8,11-12H,2-5,9,18H2,1H3. The van der Waals surface area contributed by atoms with Crippen LogP contribution in [0.3, 0.4) is 0 Å². The molecule has 21 heavy (non-hydrogen) atoms. The molecular weight excluding hydrogens is 269 g/mol. The Labute approximate surface area is 123 Å². The predicted molar refractivity (Wildman–Crippen MR) is 78.2 cm³/mol. The highest BCUT2D eigenvalue weighted by molar-refractivity contribution is 5.59. The van der Waals surface area contributed by atoms with Gasteiger partial charge in [0.05, 0.1) is 0 Å². The lowest BCUT2D eigenvalue weighted by Crippen LogP contribution is -2.20. The molecule has 0 amide bonds. The third-order valence-electron chi connectivity index (χ3n) is 4.40. The lowest BCUT2D eigenvalue weighted by atomic mass is 9.82. The zero-order valence-electron chi connectivity index (χ0n) is 12.2. The molecule has 1 heterocycles. The summed E-state index contributed by atoms with van der Waals surface area (Å²) >= 11 is 0. The Balaban J connectivity index is 1.77. The van der Waals surface area contributed by atoms with Crippen LogP contribution >= 0.6 is 0 Å². The van der Waals surface area contributed by atoms with Gasteiger partial charge in [-0.15, -0.1) is 0 Å². The van der Waals surface area contributed by atoms with E-state index in [0.717, 1.165) is 43.4 Å². The number of hydrogen-bond acceptors (Lipinski definition) is 4. The van der Waals surface area contributed by atoms with Crippen LogP contribution in [0.5, 0.6) is 0 Å². The Morgan fingerprint density at radius 2 is 2.05 bits per heavy atom. The second-order valence-electron chi connectivity index (χ2n) is 5.87. The van der Waals surface area contributed by atoms with Gasteiger partial charge in [-0.3, -0.25) is 0 Å². The van der Waals surface area contributed by atoms with Gasteiger partial charge in [-0.2, -0.15) is 4.98 Å². The van der Waals surface area contributed by atoms with Crippen molar-refractivity contribution in [1.29, 1.82) is 0 Å². The van der Waals surface area contributed by atoms with Crippen LogP contribution in [0.15, 0.2) is 22.7 Å².